The first-order valence-corrected chi connectivity index (χ1v) is 6.93. The number of aromatic nitrogens is 2. The van der Waals surface area contributed by atoms with Crippen molar-refractivity contribution >= 4 is 12.0 Å². The third kappa shape index (κ3) is 4.12. The molecule has 0 aliphatic heterocycles. The van der Waals surface area contributed by atoms with Crippen molar-refractivity contribution in [1.29, 1.82) is 0 Å². The number of rotatable bonds is 5. The van der Waals surface area contributed by atoms with E-state index in [9.17, 15) is 15.0 Å². The summed E-state index contributed by atoms with van der Waals surface area (Å²) in [6, 6.07) is 6.34. The number of hydrogen-bond acceptors (Lipinski definition) is 4. The number of amides is 1. The van der Waals surface area contributed by atoms with Crippen LogP contribution in [0.25, 0.3) is 6.08 Å². The average molecular weight is 301 g/mol. The molecule has 1 heterocycles. The number of aryl methyl sites for hydroxylation is 1. The second-order valence-electron chi connectivity index (χ2n) is 5.15. The maximum absolute atomic E-state index is 11.9. The molecule has 0 fully saturated rings. The van der Waals surface area contributed by atoms with Crippen molar-refractivity contribution in [3.8, 4) is 11.5 Å². The Morgan fingerprint density at radius 2 is 2.14 bits per heavy atom. The van der Waals surface area contributed by atoms with Crippen LogP contribution in [0.15, 0.2) is 36.5 Å². The minimum Gasteiger partial charge on any atom is -0.504 e. The Kier molecular flexibility index (Phi) is 4.83. The maximum atomic E-state index is 11.9. The van der Waals surface area contributed by atoms with Gasteiger partial charge in [-0.15, -0.1) is 0 Å². The third-order valence-electron chi connectivity index (χ3n) is 3.23. The van der Waals surface area contributed by atoms with E-state index in [2.05, 4.69) is 10.4 Å². The van der Waals surface area contributed by atoms with Crippen LogP contribution in [0.2, 0.25) is 0 Å². The summed E-state index contributed by atoms with van der Waals surface area (Å²) >= 11 is 0. The van der Waals surface area contributed by atoms with Crippen LogP contribution in [0.3, 0.4) is 0 Å². The fourth-order valence-electron chi connectivity index (χ4n) is 2.10. The Morgan fingerprint density at radius 3 is 2.77 bits per heavy atom. The standard InChI is InChI=1S/C16H19N3O3/c1-11(9-12-3-5-14(20)15(21)10-12)18-16(22)6-4-13-7-8-17-19(13)2/h3-8,10-11,20-21H,9H2,1-2H3,(H,18,22)/b6-4+/t11-/m1/s1. The van der Waals surface area contributed by atoms with Crippen molar-refractivity contribution in [1.82, 2.24) is 15.1 Å². The molecule has 6 heteroatoms. The number of phenolic OH excluding ortho intramolecular Hbond substituents is 2. The highest BCUT2D eigenvalue weighted by molar-refractivity contribution is 5.91. The zero-order valence-electron chi connectivity index (χ0n) is 12.5. The molecule has 2 rings (SSSR count). The van der Waals surface area contributed by atoms with Gasteiger partial charge in [-0.2, -0.15) is 5.10 Å². The summed E-state index contributed by atoms with van der Waals surface area (Å²) in [6.07, 6.45) is 5.37. The molecule has 1 atom stereocenters. The minimum absolute atomic E-state index is 0.104. The van der Waals surface area contributed by atoms with Gasteiger partial charge < -0.3 is 15.5 Å². The molecule has 2 aromatic rings. The lowest BCUT2D eigenvalue weighted by Crippen LogP contribution is -2.32. The number of benzene rings is 1. The highest BCUT2D eigenvalue weighted by Gasteiger charge is 2.08. The molecule has 1 amide bonds. The molecule has 1 aromatic heterocycles. The molecular weight excluding hydrogens is 282 g/mol. The summed E-state index contributed by atoms with van der Waals surface area (Å²) in [5.41, 5.74) is 1.67. The third-order valence-corrected chi connectivity index (χ3v) is 3.23. The van der Waals surface area contributed by atoms with Crippen LogP contribution in [0.5, 0.6) is 11.5 Å². The van der Waals surface area contributed by atoms with Crippen molar-refractivity contribution in [2.75, 3.05) is 0 Å². The fourth-order valence-corrected chi connectivity index (χ4v) is 2.10. The van der Waals surface area contributed by atoms with Gasteiger partial charge in [-0.05, 0) is 43.2 Å². The van der Waals surface area contributed by atoms with Crippen LogP contribution < -0.4 is 5.32 Å². The minimum atomic E-state index is -0.197. The van der Waals surface area contributed by atoms with Crippen LogP contribution in [0.1, 0.15) is 18.2 Å². The zero-order chi connectivity index (χ0) is 16.1. The first-order valence-electron chi connectivity index (χ1n) is 6.93. The quantitative estimate of drug-likeness (QED) is 0.578. The summed E-state index contributed by atoms with van der Waals surface area (Å²) in [5.74, 6) is -0.511. The average Bonchev–Trinajstić information content (AvgIpc) is 2.86. The highest BCUT2D eigenvalue weighted by atomic mass is 16.3. The summed E-state index contributed by atoms with van der Waals surface area (Å²) in [6.45, 7) is 1.87. The number of nitrogens with zero attached hydrogens (tertiary/aromatic N) is 2. The largest absolute Gasteiger partial charge is 0.504 e. The number of phenols is 2. The van der Waals surface area contributed by atoms with Crippen molar-refractivity contribution in [2.45, 2.75) is 19.4 Å². The molecular formula is C16H19N3O3. The highest BCUT2D eigenvalue weighted by Crippen LogP contribution is 2.25. The summed E-state index contributed by atoms with van der Waals surface area (Å²) in [4.78, 5) is 11.9. The van der Waals surface area contributed by atoms with E-state index < -0.39 is 0 Å². The van der Waals surface area contributed by atoms with Crippen molar-refractivity contribution in [3.05, 3.63) is 47.8 Å². The van der Waals surface area contributed by atoms with E-state index in [0.29, 0.717) is 6.42 Å². The smallest absolute Gasteiger partial charge is 0.244 e. The van der Waals surface area contributed by atoms with Gasteiger partial charge in [0.2, 0.25) is 5.91 Å². The van der Waals surface area contributed by atoms with E-state index >= 15 is 0 Å². The normalized spacial score (nSPS) is 12.5. The zero-order valence-corrected chi connectivity index (χ0v) is 12.5. The van der Waals surface area contributed by atoms with E-state index in [0.717, 1.165) is 11.3 Å². The van der Waals surface area contributed by atoms with Gasteiger partial charge in [-0.25, -0.2) is 0 Å². The molecule has 0 aliphatic carbocycles. The van der Waals surface area contributed by atoms with Gasteiger partial charge in [-0.3, -0.25) is 9.48 Å². The Labute approximate surface area is 128 Å². The molecule has 0 aliphatic rings. The summed E-state index contributed by atoms with van der Waals surface area (Å²) < 4.78 is 1.67. The van der Waals surface area contributed by atoms with Gasteiger partial charge in [-0.1, -0.05) is 6.07 Å². The SMILES string of the molecule is C[C@H](Cc1ccc(O)c(O)c1)NC(=O)/C=C/c1ccnn1C. The van der Waals surface area contributed by atoms with Gasteiger partial charge in [0.05, 0.1) is 5.69 Å². The van der Waals surface area contributed by atoms with E-state index in [4.69, 9.17) is 0 Å². The second-order valence-corrected chi connectivity index (χ2v) is 5.15. The molecule has 0 spiro atoms. The Morgan fingerprint density at radius 1 is 1.36 bits per heavy atom. The number of aromatic hydroxyl groups is 2. The van der Waals surface area contributed by atoms with Crippen molar-refractivity contribution in [3.63, 3.8) is 0 Å². The van der Waals surface area contributed by atoms with Crippen LogP contribution in [0.4, 0.5) is 0 Å². The first kappa shape index (κ1) is 15.6. The summed E-state index contributed by atoms with van der Waals surface area (Å²) in [7, 11) is 1.80. The molecule has 116 valence electrons. The first-order chi connectivity index (χ1) is 10.5. The lowest BCUT2D eigenvalue weighted by molar-refractivity contribution is -0.117. The van der Waals surface area contributed by atoms with Crippen molar-refractivity contribution in [2.24, 2.45) is 7.05 Å². The topological polar surface area (TPSA) is 87.4 Å². The molecule has 0 bridgehead atoms. The lowest BCUT2D eigenvalue weighted by Gasteiger charge is -2.13. The molecule has 6 nitrogen and oxygen atoms in total. The van der Waals surface area contributed by atoms with Gasteiger partial charge >= 0.3 is 0 Å². The molecule has 0 saturated carbocycles. The number of carbonyl (C=O) groups is 1. The number of hydrogen-bond donors (Lipinski definition) is 3. The van der Waals surface area contributed by atoms with Crippen LogP contribution in [-0.2, 0) is 18.3 Å². The molecule has 1 aromatic carbocycles. The maximum Gasteiger partial charge on any atom is 0.244 e. The monoisotopic (exact) mass is 301 g/mol. The van der Waals surface area contributed by atoms with Crippen LogP contribution in [-0.4, -0.2) is 31.9 Å². The number of nitrogens with one attached hydrogen (secondary N) is 1. The Bertz CT molecular complexity index is 692. The predicted octanol–water partition coefficient (Wildman–Crippen LogP) is 1.59. The van der Waals surface area contributed by atoms with E-state index in [1.165, 1.54) is 18.2 Å². The summed E-state index contributed by atoms with van der Waals surface area (Å²) in [5, 5.41) is 25.6. The van der Waals surface area contributed by atoms with Gasteiger partial charge in [0.15, 0.2) is 11.5 Å². The molecule has 0 radical (unpaired) electrons. The Hall–Kier alpha value is -2.76. The van der Waals surface area contributed by atoms with Crippen molar-refractivity contribution < 1.29 is 15.0 Å². The second kappa shape index (κ2) is 6.80. The van der Waals surface area contributed by atoms with Crippen LogP contribution in [0, 0.1) is 0 Å². The lowest BCUT2D eigenvalue weighted by atomic mass is 10.1. The predicted molar refractivity (Wildman–Crippen MR) is 83.3 cm³/mol. The molecule has 0 unspecified atom stereocenters. The molecule has 0 saturated heterocycles. The van der Waals surface area contributed by atoms with E-state index in [1.807, 2.05) is 13.0 Å². The molecule has 3 N–H and O–H groups in total. The molecule has 22 heavy (non-hydrogen) atoms. The van der Waals surface area contributed by atoms with Gasteiger partial charge in [0.25, 0.3) is 0 Å². The van der Waals surface area contributed by atoms with Gasteiger partial charge in [0.1, 0.15) is 0 Å². The Balaban J connectivity index is 1.89. The van der Waals surface area contributed by atoms with Crippen LogP contribution >= 0.6 is 0 Å². The number of carbonyl (C=O) groups excluding carboxylic acids is 1. The van der Waals surface area contributed by atoms with E-state index in [-0.39, 0.29) is 23.4 Å². The van der Waals surface area contributed by atoms with Gasteiger partial charge in [0, 0.05) is 25.4 Å². The fraction of sp³-hybridized carbons (Fsp3) is 0.250. The van der Waals surface area contributed by atoms with E-state index in [1.54, 1.807) is 30.1 Å².